The van der Waals surface area contributed by atoms with E-state index < -0.39 is 0 Å². The second-order valence-electron chi connectivity index (χ2n) is 4.79. The van der Waals surface area contributed by atoms with E-state index >= 15 is 0 Å². The molecule has 0 saturated carbocycles. The van der Waals surface area contributed by atoms with Gasteiger partial charge in [-0.1, -0.05) is 47.7 Å². The van der Waals surface area contributed by atoms with Crippen molar-refractivity contribution in [3.63, 3.8) is 0 Å². The SMILES string of the molecule is CCCN(C/C=C/I)[C@H]1COc2c(O)cccc2C1. The summed E-state index contributed by atoms with van der Waals surface area (Å²) in [5, 5.41) is 9.78. The number of hydrogen-bond donors (Lipinski definition) is 1. The van der Waals surface area contributed by atoms with E-state index in [1.165, 1.54) is 0 Å². The van der Waals surface area contributed by atoms with Crippen LogP contribution in [0.4, 0.5) is 0 Å². The summed E-state index contributed by atoms with van der Waals surface area (Å²) in [6.45, 7) is 4.88. The Morgan fingerprint density at radius 2 is 2.37 bits per heavy atom. The highest BCUT2D eigenvalue weighted by molar-refractivity contribution is 14.1. The van der Waals surface area contributed by atoms with E-state index in [0.29, 0.717) is 18.4 Å². The van der Waals surface area contributed by atoms with Crippen LogP contribution in [0.15, 0.2) is 28.4 Å². The molecule has 0 radical (unpaired) electrons. The van der Waals surface area contributed by atoms with E-state index in [9.17, 15) is 5.11 Å². The van der Waals surface area contributed by atoms with Gasteiger partial charge in [-0.2, -0.15) is 0 Å². The third-order valence-electron chi connectivity index (χ3n) is 3.41. The molecule has 1 aliphatic heterocycles. The largest absolute Gasteiger partial charge is 0.504 e. The first-order valence-corrected chi connectivity index (χ1v) is 7.93. The van der Waals surface area contributed by atoms with Gasteiger partial charge in [-0.15, -0.1) is 0 Å². The van der Waals surface area contributed by atoms with Crippen LogP contribution < -0.4 is 4.74 Å². The van der Waals surface area contributed by atoms with Crippen molar-refractivity contribution in [2.75, 3.05) is 19.7 Å². The van der Waals surface area contributed by atoms with Crippen LogP contribution in [0.5, 0.6) is 11.5 Å². The minimum atomic E-state index is 0.255. The molecule has 4 heteroatoms. The summed E-state index contributed by atoms with van der Waals surface area (Å²) < 4.78 is 7.82. The molecule has 0 amide bonds. The molecule has 3 nitrogen and oxygen atoms in total. The Hall–Kier alpha value is -0.750. The van der Waals surface area contributed by atoms with Crippen LogP contribution in [0.3, 0.4) is 0 Å². The summed E-state index contributed by atoms with van der Waals surface area (Å²) in [7, 11) is 0. The molecular weight excluding hydrogens is 353 g/mol. The number of phenols is 1. The Bertz CT molecular complexity index is 448. The third kappa shape index (κ3) is 3.63. The number of halogens is 1. The molecule has 0 bridgehead atoms. The Labute approximate surface area is 128 Å². The van der Waals surface area contributed by atoms with E-state index in [2.05, 4.69) is 44.6 Å². The standard InChI is InChI=1S/C15H20INO2/c1-2-8-17(9-4-7-16)13-10-12-5-3-6-14(18)15(12)19-11-13/h3-7,13,18H,2,8-11H2,1H3/b7-4+/t13-/m1/s1. The second-order valence-corrected chi connectivity index (χ2v) is 5.51. The number of para-hydroxylation sites is 1. The molecule has 0 unspecified atom stereocenters. The van der Waals surface area contributed by atoms with Gasteiger partial charge in [-0.05, 0) is 35.1 Å². The lowest BCUT2D eigenvalue weighted by Crippen LogP contribution is -2.43. The maximum atomic E-state index is 9.78. The molecule has 2 rings (SSSR count). The molecule has 0 aliphatic carbocycles. The van der Waals surface area contributed by atoms with Crippen molar-refractivity contribution in [1.29, 1.82) is 0 Å². The number of ether oxygens (including phenoxy) is 1. The lowest BCUT2D eigenvalue weighted by atomic mass is 10.0. The molecule has 0 saturated heterocycles. The van der Waals surface area contributed by atoms with E-state index in [-0.39, 0.29) is 5.75 Å². The predicted molar refractivity (Wildman–Crippen MR) is 86.1 cm³/mol. The molecule has 19 heavy (non-hydrogen) atoms. The van der Waals surface area contributed by atoms with Gasteiger partial charge in [-0.3, -0.25) is 4.90 Å². The third-order valence-corrected chi connectivity index (χ3v) is 3.92. The minimum absolute atomic E-state index is 0.255. The lowest BCUT2D eigenvalue weighted by Gasteiger charge is -2.34. The Balaban J connectivity index is 2.10. The number of fused-ring (bicyclic) bond motifs is 1. The first-order chi connectivity index (χ1) is 9.26. The van der Waals surface area contributed by atoms with Crippen molar-refractivity contribution in [1.82, 2.24) is 4.90 Å². The molecule has 1 heterocycles. The second kappa shape index (κ2) is 7.14. The predicted octanol–water partition coefficient (Wildman–Crippen LogP) is 3.36. The number of rotatable bonds is 5. The van der Waals surface area contributed by atoms with Gasteiger partial charge in [0.25, 0.3) is 0 Å². The lowest BCUT2D eigenvalue weighted by molar-refractivity contribution is 0.127. The van der Waals surface area contributed by atoms with Crippen molar-refractivity contribution in [3.8, 4) is 11.5 Å². The molecule has 1 aliphatic rings. The van der Waals surface area contributed by atoms with Gasteiger partial charge in [0.05, 0.1) is 0 Å². The summed E-state index contributed by atoms with van der Waals surface area (Å²) in [5.41, 5.74) is 1.11. The molecule has 1 N–H and O–H groups in total. The average Bonchev–Trinajstić information content (AvgIpc) is 2.43. The average molecular weight is 373 g/mol. The maximum absolute atomic E-state index is 9.78. The van der Waals surface area contributed by atoms with Crippen LogP contribution >= 0.6 is 22.6 Å². The van der Waals surface area contributed by atoms with Gasteiger partial charge < -0.3 is 9.84 Å². The van der Waals surface area contributed by atoms with Gasteiger partial charge in [0.1, 0.15) is 6.61 Å². The summed E-state index contributed by atoms with van der Waals surface area (Å²) >= 11 is 2.25. The summed E-state index contributed by atoms with van der Waals surface area (Å²) in [6.07, 6.45) is 4.26. The Morgan fingerprint density at radius 3 is 3.11 bits per heavy atom. The van der Waals surface area contributed by atoms with Crippen molar-refractivity contribution < 1.29 is 9.84 Å². The number of phenolic OH excluding ortho intramolecular Hbond substituents is 1. The topological polar surface area (TPSA) is 32.7 Å². The Morgan fingerprint density at radius 1 is 1.53 bits per heavy atom. The monoisotopic (exact) mass is 373 g/mol. The first-order valence-electron chi connectivity index (χ1n) is 6.69. The van der Waals surface area contributed by atoms with Crippen LogP contribution in [-0.4, -0.2) is 35.7 Å². The van der Waals surface area contributed by atoms with Crippen LogP contribution in [-0.2, 0) is 6.42 Å². The zero-order chi connectivity index (χ0) is 13.7. The van der Waals surface area contributed by atoms with E-state index in [0.717, 1.165) is 31.5 Å². The van der Waals surface area contributed by atoms with Crippen molar-refractivity contribution >= 4 is 22.6 Å². The molecule has 0 fully saturated rings. The van der Waals surface area contributed by atoms with Crippen molar-refractivity contribution in [3.05, 3.63) is 33.9 Å². The molecule has 1 aromatic carbocycles. The highest BCUT2D eigenvalue weighted by atomic mass is 127. The van der Waals surface area contributed by atoms with Crippen molar-refractivity contribution in [2.45, 2.75) is 25.8 Å². The van der Waals surface area contributed by atoms with Gasteiger partial charge in [0.2, 0.25) is 0 Å². The number of aromatic hydroxyl groups is 1. The molecule has 104 valence electrons. The van der Waals surface area contributed by atoms with Crippen LogP contribution in [0.2, 0.25) is 0 Å². The molecular formula is C15H20INO2. The normalized spacial score (nSPS) is 18.6. The fraction of sp³-hybridized carbons (Fsp3) is 0.467. The fourth-order valence-electron chi connectivity index (χ4n) is 2.51. The molecule has 1 atom stereocenters. The van der Waals surface area contributed by atoms with Gasteiger partial charge >= 0.3 is 0 Å². The fourth-order valence-corrected chi connectivity index (χ4v) is 2.74. The van der Waals surface area contributed by atoms with Crippen molar-refractivity contribution in [2.24, 2.45) is 0 Å². The number of nitrogens with zero attached hydrogens (tertiary/aromatic N) is 1. The Kier molecular flexibility index (Phi) is 5.51. The zero-order valence-electron chi connectivity index (χ0n) is 11.2. The maximum Gasteiger partial charge on any atom is 0.164 e. The van der Waals surface area contributed by atoms with Gasteiger partial charge in [-0.25, -0.2) is 0 Å². The number of benzene rings is 1. The van der Waals surface area contributed by atoms with E-state index in [1.54, 1.807) is 6.07 Å². The van der Waals surface area contributed by atoms with E-state index in [4.69, 9.17) is 4.74 Å². The molecule has 0 aromatic heterocycles. The number of hydrogen-bond acceptors (Lipinski definition) is 3. The summed E-state index contributed by atoms with van der Waals surface area (Å²) in [6, 6.07) is 6.00. The smallest absolute Gasteiger partial charge is 0.164 e. The van der Waals surface area contributed by atoms with Gasteiger partial charge in [0, 0.05) is 12.6 Å². The van der Waals surface area contributed by atoms with E-state index in [1.807, 2.05) is 12.1 Å². The highest BCUT2D eigenvalue weighted by Crippen LogP contribution is 2.34. The van der Waals surface area contributed by atoms with Crippen LogP contribution in [0, 0.1) is 0 Å². The highest BCUT2D eigenvalue weighted by Gasteiger charge is 2.25. The molecule has 1 aromatic rings. The van der Waals surface area contributed by atoms with Crippen LogP contribution in [0.25, 0.3) is 0 Å². The zero-order valence-corrected chi connectivity index (χ0v) is 13.3. The summed E-state index contributed by atoms with van der Waals surface area (Å²) in [4.78, 5) is 2.45. The summed E-state index contributed by atoms with van der Waals surface area (Å²) in [5.74, 6) is 0.921. The quantitative estimate of drug-likeness (QED) is 0.804. The first kappa shape index (κ1) is 14.7. The van der Waals surface area contributed by atoms with Gasteiger partial charge in [0.15, 0.2) is 11.5 Å². The van der Waals surface area contributed by atoms with Crippen LogP contribution in [0.1, 0.15) is 18.9 Å². The molecule has 0 spiro atoms. The minimum Gasteiger partial charge on any atom is -0.504 e.